The maximum atomic E-state index is 14.5. The fourth-order valence-corrected chi connectivity index (χ4v) is 7.47. The number of benzene rings is 2. The van der Waals surface area contributed by atoms with Crippen LogP contribution >= 0.6 is 0 Å². The van der Waals surface area contributed by atoms with E-state index in [1.54, 1.807) is 49.2 Å². The summed E-state index contributed by atoms with van der Waals surface area (Å²) in [6.07, 6.45) is 3.21. The van der Waals surface area contributed by atoms with Crippen molar-refractivity contribution in [3.05, 3.63) is 120 Å². The molecule has 1 aliphatic heterocycles. The first kappa shape index (κ1) is 43.3. The molecule has 13 heteroatoms. The van der Waals surface area contributed by atoms with Crippen LogP contribution in [-0.4, -0.2) is 97.3 Å². The van der Waals surface area contributed by atoms with Crippen LogP contribution in [0.25, 0.3) is 11.3 Å². The predicted molar refractivity (Wildman–Crippen MR) is 222 cm³/mol. The Bertz CT molecular complexity index is 1970. The van der Waals surface area contributed by atoms with Gasteiger partial charge in [0.2, 0.25) is 11.8 Å². The Hall–Kier alpha value is -5.82. The normalized spacial score (nSPS) is 15.9. The summed E-state index contributed by atoms with van der Waals surface area (Å²) in [5, 5.41) is 30.3. The van der Waals surface area contributed by atoms with Crippen molar-refractivity contribution in [2.45, 2.75) is 97.6 Å². The number of aliphatic hydroxyl groups is 1. The largest absolute Gasteiger partial charge is 0.465 e. The number of carboxylic acid groups (broad SMARTS) is 1. The molecule has 0 bridgehead atoms. The molecule has 0 unspecified atom stereocenters. The summed E-state index contributed by atoms with van der Waals surface area (Å²) < 4.78 is 0. The summed E-state index contributed by atoms with van der Waals surface area (Å²) in [7, 11) is 0. The number of aliphatic hydroxyl groups excluding tert-OH is 1. The highest BCUT2D eigenvalue weighted by molar-refractivity contribution is 5.89. The average molecular weight is 792 g/mol. The molecule has 5 amide bonds. The van der Waals surface area contributed by atoms with Gasteiger partial charge in [-0.25, -0.2) is 9.59 Å². The van der Waals surface area contributed by atoms with E-state index in [9.17, 15) is 29.4 Å². The predicted octanol–water partition coefficient (Wildman–Crippen LogP) is 5.68. The molecule has 1 saturated heterocycles. The van der Waals surface area contributed by atoms with Gasteiger partial charge in [0.15, 0.2) is 0 Å². The number of amides is 5. The van der Waals surface area contributed by atoms with Gasteiger partial charge in [0.05, 0.1) is 17.8 Å². The second-order valence-corrected chi connectivity index (χ2v) is 17.2. The minimum atomic E-state index is -1.33. The fourth-order valence-electron chi connectivity index (χ4n) is 7.47. The molecule has 1 aliphatic rings. The topological polar surface area (TPSA) is 177 Å². The van der Waals surface area contributed by atoms with Crippen LogP contribution in [0.4, 0.5) is 9.59 Å². The lowest BCUT2D eigenvalue weighted by molar-refractivity contribution is -0.131. The molecule has 0 radical (unpaired) electrons. The van der Waals surface area contributed by atoms with E-state index >= 15 is 0 Å². The van der Waals surface area contributed by atoms with Crippen LogP contribution in [0.5, 0.6) is 0 Å². The first-order chi connectivity index (χ1) is 27.5. The number of carbonyl (C=O) groups excluding carboxylic acids is 3. The van der Waals surface area contributed by atoms with Crippen molar-refractivity contribution in [3.8, 4) is 11.3 Å². The molecule has 5 atom stereocenters. The third-order valence-electron chi connectivity index (χ3n) is 10.4. The second-order valence-electron chi connectivity index (χ2n) is 17.2. The standard InChI is InChI=1S/C45H57N7O6/c1-44(2,3)38(50-42(56)57)40(54)48-34(26-31-15-17-33(18-16-31)35-14-10-11-21-47-35)28-37(53)36(27-30-12-8-7-9-13-30)49-41(55)39(45(4,5)6)52-25-24-51(43(52)58)29-32-19-22-46-23-20-32/h7-23,34,36-39,50,53H,24-29H2,1-6H3,(H,48,54)(H,49,55)(H,56,57)/t34-,36-,37-,38+,39+/m0/s1. The Kier molecular flexibility index (Phi) is 14.2. The van der Waals surface area contributed by atoms with E-state index in [1.165, 1.54) is 0 Å². The average Bonchev–Trinajstić information content (AvgIpc) is 3.51. The number of urea groups is 1. The molecule has 3 heterocycles. The van der Waals surface area contributed by atoms with Gasteiger partial charge in [-0.3, -0.25) is 19.6 Å². The first-order valence-electron chi connectivity index (χ1n) is 19.8. The van der Waals surface area contributed by atoms with Crippen molar-refractivity contribution in [2.75, 3.05) is 13.1 Å². The number of aromatic nitrogens is 2. The van der Waals surface area contributed by atoms with E-state index in [0.717, 1.165) is 27.9 Å². The lowest BCUT2D eigenvalue weighted by atomic mass is 9.84. The molecular formula is C45H57N7O6. The molecular weight excluding hydrogens is 735 g/mol. The molecule has 58 heavy (non-hydrogen) atoms. The van der Waals surface area contributed by atoms with E-state index in [0.29, 0.717) is 26.1 Å². The Labute approximate surface area is 341 Å². The van der Waals surface area contributed by atoms with Crippen molar-refractivity contribution in [3.63, 3.8) is 0 Å². The van der Waals surface area contributed by atoms with Crippen molar-refractivity contribution in [2.24, 2.45) is 10.8 Å². The van der Waals surface area contributed by atoms with Gasteiger partial charge >= 0.3 is 12.1 Å². The number of nitrogens with zero attached hydrogens (tertiary/aromatic N) is 4. The van der Waals surface area contributed by atoms with Gasteiger partial charge in [-0.2, -0.15) is 0 Å². The monoisotopic (exact) mass is 791 g/mol. The minimum Gasteiger partial charge on any atom is -0.465 e. The van der Waals surface area contributed by atoms with Gasteiger partial charge in [-0.1, -0.05) is 102 Å². The second kappa shape index (κ2) is 19.1. The van der Waals surface area contributed by atoms with Crippen LogP contribution in [0.15, 0.2) is 104 Å². The number of carbonyl (C=O) groups is 4. The molecule has 0 saturated carbocycles. The van der Waals surface area contributed by atoms with Crippen LogP contribution in [0.2, 0.25) is 0 Å². The molecule has 5 N–H and O–H groups in total. The molecule has 0 spiro atoms. The summed E-state index contributed by atoms with van der Waals surface area (Å²) in [6.45, 7) is 12.3. The van der Waals surface area contributed by atoms with Gasteiger partial charge in [0.25, 0.3) is 0 Å². The highest BCUT2D eigenvalue weighted by atomic mass is 16.4. The molecule has 308 valence electrons. The van der Waals surface area contributed by atoms with Gasteiger partial charge < -0.3 is 36.0 Å². The number of nitrogens with one attached hydrogen (secondary N) is 3. The first-order valence-corrected chi connectivity index (χ1v) is 19.8. The number of hydrogen-bond acceptors (Lipinski definition) is 7. The summed E-state index contributed by atoms with van der Waals surface area (Å²) in [4.78, 5) is 65.8. The summed E-state index contributed by atoms with van der Waals surface area (Å²) in [6, 6.07) is 23.0. The van der Waals surface area contributed by atoms with Crippen LogP contribution in [-0.2, 0) is 29.0 Å². The van der Waals surface area contributed by atoms with Crippen LogP contribution in [0.3, 0.4) is 0 Å². The lowest BCUT2D eigenvalue weighted by Gasteiger charge is -2.38. The maximum Gasteiger partial charge on any atom is 0.405 e. The van der Waals surface area contributed by atoms with Gasteiger partial charge in [-0.15, -0.1) is 0 Å². The molecule has 4 aromatic rings. The van der Waals surface area contributed by atoms with E-state index in [2.05, 4.69) is 25.9 Å². The van der Waals surface area contributed by atoms with Gasteiger partial charge in [-0.05, 0) is 71.0 Å². The fraction of sp³-hybridized carbons (Fsp3) is 0.422. The molecule has 2 aromatic heterocycles. The van der Waals surface area contributed by atoms with Crippen molar-refractivity contribution < 1.29 is 29.4 Å². The molecule has 1 fully saturated rings. The Morgan fingerprint density at radius 2 is 1.38 bits per heavy atom. The van der Waals surface area contributed by atoms with Crippen molar-refractivity contribution in [1.82, 2.24) is 35.7 Å². The van der Waals surface area contributed by atoms with Crippen LogP contribution in [0, 0.1) is 10.8 Å². The summed E-state index contributed by atoms with van der Waals surface area (Å²) in [5.74, 6) is -0.923. The van der Waals surface area contributed by atoms with E-state index in [4.69, 9.17) is 0 Å². The molecule has 2 aromatic carbocycles. The SMILES string of the molecule is CC(C)(C)[C@H](NC(=O)O)C(=O)N[C@@H](Cc1ccc(-c2ccccn2)cc1)C[C@H](O)[C@H](Cc1ccccc1)NC(=O)[C@@H](N1CCN(Cc2ccncc2)C1=O)C(C)(C)C. The zero-order valence-electron chi connectivity index (χ0n) is 34.3. The highest BCUT2D eigenvalue weighted by Gasteiger charge is 2.44. The van der Waals surface area contributed by atoms with E-state index in [1.807, 2.05) is 106 Å². The smallest absolute Gasteiger partial charge is 0.405 e. The molecule has 13 nitrogen and oxygen atoms in total. The minimum absolute atomic E-state index is 0.0258. The van der Waals surface area contributed by atoms with Crippen LogP contribution in [0.1, 0.15) is 64.7 Å². The zero-order valence-corrected chi connectivity index (χ0v) is 34.3. The highest BCUT2D eigenvalue weighted by Crippen LogP contribution is 2.29. The van der Waals surface area contributed by atoms with Gasteiger partial charge in [0, 0.05) is 49.8 Å². The number of rotatable bonds is 16. The van der Waals surface area contributed by atoms with Crippen LogP contribution < -0.4 is 16.0 Å². The van der Waals surface area contributed by atoms with E-state index in [-0.39, 0.29) is 18.9 Å². The summed E-state index contributed by atoms with van der Waals surface area (Å²) in [5.41, 5.74) is 2.99. The number of hydrogen-bond donors (Lipinski definition) is 5. The maximum absolute atomic E-state index is 14.5. The number of pyridine rings is 2. The molecule has 5 rings (SSSR count). The summed E-state index contributed by atoms with van der Waals surface area (Å²) >= 11 is 0. The zero-order chi connectivity index (χ0) is 42.0. The molecule has 0 aliphatic carbocycles. The van der Waals surface area contributed by atoms with Crippen molar-refractivity contribution in [1.29, 1.82) is 0 Å². The lowest BCUT2D eigenvalue weighted by Crippen LogP contribution is -2.59. The third kappa shape index (κ3) is 11.9. The third-order valence-corrected chi connectivity index (χ3v) is 10.4. The van der Waals surface area contributed by atoms with Crippen molar-refractivity contribution >= 4 is 23.9 Å². The van der Waals surface area contributed by atoms with Gasteiger partial charge in [0.1, 0.15) is 12.1 Å². The Balaban J connectivity index is 1.41. The Morgan fingerprint density at radius 1 is 0.724 bits per heavy atom. The van der Waals surface area contributed by atoms with E-state index < -0.39 is 59.0 Å². The quantitative estimate of drug-likeness (QED) is 0.0963. The Morgan fingerprint density at radius 3 is 1.98 bits per heavy atom.